The highest BCUT2D eigenvalue weighted by Gasteiger charge is 2.06. The third-order valence-electron chi connectivity index (χ3n) is 2.81. The Morgan fingerprint density at radius 1 is 1.06 bits per heavy atom. The lowest BCUT2D eigenvalue weighted by atomic mass is 10.00. The van der Waals surface area contributed by atoms with E-state index in [1.165, 1.54) is 0 Å². The molecule has 0 fully saturated rings. The third-order valence-corrected chi connectivity index (χ3v) is 2.81. The lowest BCUT2D eigenvalue weighted by molar-refractivity contribution is 0.281. The van der Waals surface area contributed by atoms with Gasteiger partial charge in [-0.3, -0.25) is 0 Å². The van der Waals surface area contributed by atoms with Crippen LogP contribution in [0.3, 0.4) is 0 Å². The van der Waals surface area contributed by atoms with Gasteiger partial charge in [-0.05, 0) is 35.2 Å². The molecule has 0 saturated carbocycles. The molecule has 0 spiro atoms. The average Bonchev–Trinajstić information content (AvgIpc) is 2.45. The van der Waals surface area contributed by atoms with Gasteiger partial charge in [0.1, 0.15) is 5.75 Å². The third kappa shape index (κ3) is 2.90. The molecule has 0 heterocycles. The number of rotatable bonds is 5. The molecule has 0 radical (unpaired) electrons. The lowest BCUT2D eigenvalue weighted by Gasteiger charge is -2.11. The molecule has 2 aromatic rings. The van der Waals surface area contributed by atoms with Crippen LogP contribution in [0.4, 0.5) is 0 Å². The molecule has 0 aliphatic rings. The van der Waals surface area contributed by atoms with E-state index < -0.39 is 0 Å². The van der Waals surface area contributed by atoms with E-state index in [4.69, 9.17) is 4.74 Å². The fourth-order valence-corrected chi connectivity index (χ4v) is 1.89. The van der Waals surface area contributed by atoms with Crippen LogP contribution in [0.15, 0.2) is 48.5 Å². The fraction of sp³-hybridized carbons (Fsp3) is 0.250. The van der Waals surface area contributed by atoms with Crippen molar-refractivity contribution in [2.75, 3.05) is 6.61 Å². The van der Waals surface area contributed by atoms with Gasteiger partial charge in [0.05, 0.1) is 13.2 Å². The smallest absolute Gasteiger partial charge is 0.119 e. The highest BCUT2D eigenvalue weighted by atomic mass is 16.5. The Balaban J connectivity index is 2.37. The summed E-state index contributed by atoms with van der Waals surface area (Å²) in [5, 5.41) is 9.41. The van der Waals surface area contributed by atoms with Crippen LogP contribution in [0, 0.1) is 0 Å². The Bertz CT molecular complexity index is 492. The summed E-state index contributed by atoms with van der Waals surface area (Å²) in [7, 11) is 0. The second-order valence-electron chi connectivity index (χ2n) is 4.19. The van der Waals surface area contributed by atoms with E-state index in [-0.39, 0.29) is 6.61 Å². The molecular formula is C16H18O2. The molecule has 18 heavy (non-hydrogen) atoms. The molecule has 2 nitrogen and oxygen atoms in total. The standard InChI is InChI=1S/C16H18O2/c1-2-10-18-15-9-8-14(12-17)16(11-15)13-6-4-3-5-7-13/h3-9,11,17H,2,10,12H2,1H3. The average molecular weight is 242 g/mol. The van der Waals surface area contributed by atoms with Crippen molar-refractivity contribution in [3.63, 3.8) is 0 Å². The highest BCUT2D eigenvalue weighted by molar-refractivity contribution is 5.68. The molecule has 0 saturated heterocycles. The van der Waals surface area contributed by atoms with Crippen molar-refractivity contribution in [2.45, 2.75) is 20.0 Å². The Kier molecular flexibility index (Phi) is 4.37. The zero-order valence-electron chi connectivity index (χ0n) is 10.6. The van der Waals surface area contributed by atoms with E-state index in [9.17, 15) is 5.11 Å². The topological polar surface area (TPSA) is 29.5 Å². The molecule has 0 atom stereocenters. The Labute approximate surface area is 108 Å². The van der Waals surface area contributed by atoms with Crippen LogP contribution < -0.4 is 4.74 Å². The maximum Gasteiger partial charge on any atom is 0.119 e. The van der Waals surface area contributed by atoms with E-state index >= 15 is 0 Å². The molecule has 1 N–H and O–H groups in total. The first-order valence-corrected chi connectivity index (χ1v) is 6.27. The van der Waals surface area contributed by atoms with Crippen molar-refractivity contribution in [3.05, 3.63) is 54.1 Å². The first-order chi connectivity index (χ1) is 8.85. The molecule has 0 aliphatic carbocycles. The van der Waals surface area contributed by atoms with Crippen LogP contribution in [-0.4, -0.2) is 11.7 Å². The van der Waals surface area contributed by atoms with Gasteiger partial charge in [-0.15, -0.1) is 0 Å². The van der Waals surface area contributed by atoms with E-state index in [1.54, 1.807) is 0 Å². The quantitative estimate of drug-likeness (QED) is 0.867. The first kappa shape index (κ1) is 12.7. The summed E-state index contributed by atoms with van der Waals surface area (Å²) >= 11 is 0. The Hall–Kier alpha value is -1.80. The van der Waals surface area contributed by atoms with Crippen LogP contribution in [-0.2, 0) is 6.61 Å². The first-order valence-electron chi connectivity index (χ1n) is 6.27. The molecule has 94 valence electrons. The van der Waals surface area contributed by atoms with Gasteiger partial charge in [-0.2, -0.15) is 0 Å². The van der Waals surface area contributed by atoms with Crippen molar-refractivity contribution >= 4 is 0 Å². The predicted octanol–water partition coefficient (Wildman–Crippen LogP) is 3.63. The molecule has 2 rings (SSSR count). The summed E-state index contributed by atoms with van der Waals surface area (Å²) in [5.74, 6) is 0.855. The monoisotopic (exact) mass is 242 g/mol. The van der Waals surface area contributed by atoms with Gasteiger partial charge in [0.2, 0.25) is 0 Å². The van der Waals surface area contributed by atoms with Crippen LogP contribution in [0.1, 0.15) is 18.9 Å². The number of benzene rings is 2. The fourth-order valence-electron chi connectivity index (χ4n) is 1.89. The number of hydrogen-bond donors (Lipinski definition) is 1. The molecule has 0 amide bonds. The lowest BCUT2D eigenvalue weighted by Crippen LogP contribution is -1.97. The minimum Gasteiger partial charge on any atom is -0.494 e. The summed E-state index contributed by atoms with van der Waals surface area (Å²) in [6.07, 6.45) is 0.989. The van der Waals surface area contributed by atoms with Crippen molar-refractivity contribution in [2.24, 2.45) is 0 Å². The molecule has 2 heteroatoms. The zero-order valence-corrected chi connectivity index (χ0v) is 10.6. The number of aliphatic hydroxyl groups excluding tert-OH is 1. The summed E-state index contributed by atoms with van der Waals surface area (Å²) < 4.78 is 5.64. The molecule has 0 aromatic heterocycles. The molecule has 0 bridgehead atoms. The van der Waals surface area contributed by atoms with Crippen molar-refractivity contribution in [1.29, 1.82) is 0 Å². The van der Waals surface area contributed by atoms with Gasteiger partial charge in [-0.25, -0.2) is 0 Å². The van der Waals surface area contributed by atoms with Crippen LogP contribution in [0.2, 0.25) is 0 Å². The minimum atomic E-state index is 0.0400. The Morgan fingerprint density at radius 3 is 2.50 bits per heavy atom. The second-order valence-corrected chi connectivity index (χ2v) is 4.19. The maximum absolute atomic E-state index is 9.41. The number of aliphatic hydroxyl groups is 1. The largest absolute Gasteiger partial charge is 0.494 e. The van der Waals surface area contributed by atoms with Gasteiger partial charge in [0.25, 0.3) is 0 Å². The van der Waals surface area contributed by atoms with Gasteiger partial charge in [0.15, 0.2) is 0 Å². The zero-order chi connectivity index (χ0) is 12.8. The normalized spacial score (nSPS) is 10.3. The summed E-state index contributed by atoms with van der Waals surface area (Å²) in [5.41, 5.74) is 3.06. The predicted molar refractivity (Wildman–Crippen MR) is 73.6 cm³/mol. The molecular weight excluding hydrogens is 224 g/mol. The number of hydrogen-bond acceptors (Lipinski definition) is 2. The summed E-state index contributed by atoms with van der Waals surface area (Å²) in [6, 6.07) is 15.9. The summed E-state index contributed by atoms with van der Waals surface area (Å²) in [6.45, 7) is 2.84. The highest BCUT2D eigenvalue weighted by Crippen LogP contribution is 2.28. The van der Waals surface area contributed by atoms with Gasteiger partial charge >= 0.3 is 0 Å². The molecule has 0 aliphatic heterocycles. The van der Waals surface area contributed by atoms with Gasteiger partial charge in [-0.1, -0.05) is 43.3 Å². The SMILES string of the molecule is CCCOc1ccc(CO)c(-c2ccccc2)c1. The minimum absolute atomic E-state index is 0.0400. The molecule has 0 unspecified atom stereocenters. The van der Waals surface area contributed by atoms with E-state index in [0.717, 1.165) is 28.9 Å². The maximum atomic E-state index is 9.41. The summed E-state index contributed by atoms with van der Waals surface area (Å²) in [4.78, 5) is 0. The molecule has 2 aromatic carbocycles. The van der Waals surface area contributed by atoms with E-state index in [1.807, 2.05) is 48.5 Å². The van der Waals surface area contributed by atoms with Crippen molar-refractivity contribution in [3.8, 4) is 16.9 Å². The van der Waals surface area contributed by atoms with E-state index in [2.05, 4.69) is 6.92 Å². The van der Waals surface area contributed by atoms with Crippen molar-refractivity contribution < 1.29 is 9.84 Å². The van der Waals surface area contributed by atoms with Crippen LogP contribution in [0.25, 0.3) is 11.1 Å². The van der Waals surface area contributed by atoms with Crippen LogP contribution >= 0.6 is 0 Å². The van der Waals surface area contributed by atoms with Crippen molar-refractivity contribution in [1.82, 2.24) is 0 Å². The number of ether oxygens (including phenoxy) is 1. The van der Waals surface area contributed by atoms with Crippen LogP contribution in [0.5, 0.6) is 5.75 Å². The van der Waals surface area contributed by atoms with Gasteiger partial charge < -0.3 is 9.84 Å². The second kappa shape index (κ2) is 6.22. The van der Waals surface area contributed by atoms with Gasteiger partial charge in [0, 0.05) is 0 Å². The Morgan fingerprint density at radius 2 is 1.83 bits per heavy atom. The van der Waals surface area contributed by atoms with E-state index in [0.29, 0.717) is 6.61 Å².